The van der Waals surface area contributed by atoms with E-state index in [1.165, 1.54) is 5.56 Å². The Morgan fingerprint density at radius 1 is 0.952 bits per heavy atom. The van der Waals surface area contributed by atoms with Gasteiger partial charge in [-0.15, -0.1) is 0 Å². The Kier molecular flexibility index (Phi) is 4.38. The van der Waals surface area contributed by atoms with E-state index in [2.05, 4.69) is 63.9 Å². The smallest absolute Gasteiger partial charge is 0.255 e. The van der Waals surface area contributed by atoms with Crippen LogP contribution >= 0.6 is 0 Å². The fraction of sp³-hybridized carbons (Fsp3) is 0.263. The van der Waals surface area contributed by atoms with E-state index in [4.69, 9.17) is 4.43 Å². The van der Waals surface area contributed by atoms with Crippen molar-refractivity contribution in [2.45, 2.75) is 32.0 Å². The van der Waals surface area contributed by atoms with Crippen molar-refractivity contribution < 1.29 is 4.43 Å². The molecule has 110 valence electrons. The van der Waals surface area contributed by atoms with Gasteiger partial charge < -0.3 is 4.43 Å². The van der Waals surface area contributed by atoms with Gasteiger partial charge in [0.2, 0.25) is 0 Å². The van der Waals surface area contributed by atoms with Crippen LogP contribution in [-0.2, 0) is 5.04 Å². The summed E-state index contributed by atoms with van der Waals surface area (Å²) in [6, 6.07) is 18.8. The summed E-state index contributed by atoms with van der Waals surface area (Å²) >= 11 is 0. The summed E-state index contributed by atoms with van der Waals surface area (Å²) in [6.07, 6.45) is 1.85. The van der Waals surface area contributed by atoms with E-state index in [-0.39, 0.29) is 5.04 Å². The van der Waals surface area contributed by atoms with E-state index in [0.29, 0.717) is 0 Å². The van der Waals surface area contributed by atoms with E-state index in [1.54, 1.807) is 0 Å². The topological polar surface area (TPSA) is 9.23 Å². The van der Waals surface area contributed by atoms with Gasteiger partial charge in [0.1, 0.15) is 5.75 Å². The maximum atomic E-state index is 6.43. The van der Waals surface area contributed by atoms with Crippen LogP contribution in [0.15, 0.2) is 61.2 Å². The van der Waals surface area contributed by atoms with Crippen LogP contribution < -0.4 is 4.43 Å². The van der Waals surface area contributed by atoms with Gasteiger partial charge in [0.15, 0.2) is 0 Å². The summed E-state index contributed by atoms with van der Waals surface area (Å²) in [5.74, 6) is 0.946. The number of hydrogen-bond donors (Lipinski definition) is 0. The van der Waals surface area contributed by atoms with Crippen molar-refractivity contribution in [2.75, 3.05) is 0 Å². The second kappa shape index (κ2) is 5.90. The molecular weight excluding hydrogens is 272 g/mol. The quantitative estimate of drug-likeness (QED) is 0.668. The Bertz CT molecular complexity index is 597. The van der Waals surface area contributed by atoms with Crippen molar-refractivity contribution in [3.63, 3.8) is 0 Å². The summed E-state index contributed by atoms with van der Waals surface area (Å²) in [5.41, 5.74) is 2.45. The molecule has 0 fully saturated rings. The third-order valence-corrected chi connectivity index (χ3v) is 8.53. The van der Waals surface area contributed by atoms with Crippen LogP contribution in [0, 0.1) is 0 Å². The molecule has 0 bridgehead atoms. The highest BCUT2D eigenvalue weighted by Crippen LogP contribution is 2.35. The molecule has 0 unspecified atom stereocenters. The lowest BCUT2D eigenvalue weighted by atomic mass is 10.0. The molecule has 0 atom stereocenters. The van der Waals surface area contributed by atoms with Crippen LogP contribution in [0.4, 0.5) is 0 Å². The summed E-state index contributed by atoms with van der Waals surface area (Å²) in [7, 11) is -1.97. The van der Waals surface area contributed by atoms with Gasteiger partial charge in [0.25, 0.3) is 8.32 Å². The van der Waals surface area contributed by atoms with E-state index in [9.17, 15) is 0 Å². The first-order valence-electron chi connectivity index (χ1n) is 7.34. The van der Waals surface area contributed by atoms with Gasteiger partial charge in [-0.25, -0.2) is 0 Å². The van der Waals surface area contributed by atoms with E-state index in [1.807, 2.05) is 30.3 Å². The Hall–Kier alpha value is -1.80. The zero-order valence-electron chi connectivity index (χ0n) is 13.4. The molecule has 0 N–H and O–H groups in total. The van der Waals surface area contributed by atoms with Gasteiger partial charge in [0, 0.05) is 5.04 Å². The molecule has 0 amide bonds. The molecule has 0 radical (unpaired) electrons. The molecular formula is C19H24OSi. The Labute approximate surface area is 129 Å². The molecule has 0 saturated heterocycles. The molecule has 2 heteroatoms. The van der Waals surface area contributed by atoms with Crippen molar-refractivity contribution in [1.29, 1.82) is 0 Å². The SMILES string of the molecule is C=Cc1ccc(O[Si](C)(C)C(C)(C)c2ccccc2)cc1. The predicted octanol–water partition coefficient (Wildman–Crippen LogP) is 5.43. The lowest BCUT2D eigenvalue weighted by Crippen LogP contribution is -2.52. The first-order chi connectivity index (χ1) is 9.87. The molecule has 0 aromatic heterocycles. The third-order valence-electron chi connectivity index (χ3n) is 4.49. The summed E-state index contributed by atoms with van der Waals surface area (Å²) < 4.78 is 6.43. The fourth-order valence-electron chi connectivity index (χ4n) is 2.30. The van der Waals surface area contributed by atoms with Crippen LogP contribution in [0.3, 0.4) is 0 Å². The van der Waals surface area contributed by atoms with Crippen molar-refractivity contribution in [1.82, 2.24) is 0 Å². The largest absolute Gasteiger partial charge is 0.543 e. The summed E-state index contributed by atoms with van der Waals surface area (Å²) in [5, 5.41) is 0.0331. The van der Waals surface area contributed by atoms with Crippen LogP contribution in [0.25, 0.3) is 6.08 Å². The second-order valence-corrected chi connectivity index (χ2v) is 10.9. The molecule has 2 rings (SSSR count). The average Bonchev–Trinajstić information content (AvgIpc) is 2.48. The van der Waals surface area contributed by atoms with E-state index < -0.39 is 8.32 Å². The standard InChI is InChI=1S/C19H24OSi/c1-6-16-12-14-18(15-13-16)20-21(4,5)19(2,3)17-10-8-7-9-11-17/h6-15H,1H2,2-5H3. The number of benzene rings is 2. The van der Waals surface area contributed by atoms with E-state index >= 15 is 0 Å². The highest BCUT2D eigenvalue weighted by molar-refractivity contribution is 6.74. The molecule has 2 aromatic rings. The average molecular weight is 296 g/mol. The zero-order chi connectivity index (χ0) is 15.5. The molecule has 0 aliphatic rings. The lowest BCUT2D eigenvalue weighted by molar-refractivity contribution is 0.489. The lowest BCUT2D eigenvalue weighted by Gasteiger charge is -2.39. The first-order valence-corrected chi connectivity index (χ1v) is 10.2. The van der Waals surface area contributed by atoms with Crippen molar-refractivity contribution in [3.05, 3.63) is 72.3 Å². The van der Waals surface area contributed by atoms with Gasteiger partial charge in [-0.3, -0.25) is 0 Å². The van der Waals surface area contributed by atoms with E-state index in [0.717, 1.165) is 11.3 Å². The third kappa shape index (κ3) is 3.27. The number of rotatable bonds is 5. The minimum Gasteiger partial charge on any atom is -0.543 e. The monoisotopic (exact) mass is 296 g/mol. The molecule has 0 heterocycles. The van der Waals surface area contributed by atoms with Gasteiger partial charge in [-0.2, -0.15) is 0 Å². The van der Waals surface area contributed by atoms with Crippen LogP contribution in [0.1, 0.15) is 25.0 Å². The molecule has 1 nitrogen and oxygen atoms in total. The van der Waals surface area contributed by atoms with Crippen LogP contribution in [0.2, 0.25) is 13.1 Å². The molecule has 0 saturated carbocycles. The maximum absolute atomic E-state index is 6.43. The van der Waals surface area contributed by atoms with Crippen molar-refractivity contribution >= 4 is 14.4 Å². The van der Waals surface area contributed by atoms with Crippen LogP contribution in [-0.4, -0.2) is 8.32 Å². The molecule has 0 aliphatic heterocycles. The molecule has 0 spiro atoms. The summed E-state index contributed by atoms with van der Waals surface area (Å²) in [4.78, 5) is 0. The number of hydrogen-bond acceptors (Lipinski definition) is 1. The van der Waals surface area contributed by atoms with Crippen molar-refractivity contribution in [2.24, 2.45) is 0 Å². The van der Waals surface area contributed by atoms with Gasteiger partial charge in [0.05, 0.1) is 0 Å². The Morgan fingerprint density at radius 2 is 1.52 bits per heavy atom. The van der Waals surface area contributed by atoms with Crippen LogP contribution in [0.5, 0.6) is 5.75 Å². The Morgan fingerprint density at radius 3 is 2.05 bits per heavy atom. The molecule has 21 heavy (non-hydrogen) atoms. The second-order valence-electron chi connectivity index (χ2n) is 6.38. The zero-order valence-corrected chi connectivity index (χ0v) is 14.4. The minimum atomic E-state index is -1.97. The van der Waals surface area contributed by atoms with Gasteiger partial charge >= 0.3 is 0 Å². The first kappa shape index (κ1) is 15.6. The maximum Gasteiger partial charge on any atom is 0.255 e. The van der Waals surface area contributed by atoms with Gasteiger partial charge in [-0.1, -0.05) is 69.0 Å². The minimum absolute atomic E-state index is 0.0331. The molecule has 2 aromatic carbocycles. The summed E-state index contributed by atoms with van der Waals surface area (Å²) in [6.45, 7) is 12.9. The van der Waals surface area contributed by atoms with Gasteiger partial charge in [-0.05, 0) is 36.4 Å². The highest BCUT2D eigenvalue weighted by atomic mass is 28.4. The fourth-order valence-corrected chi connectivity index (χ4v) is 4.14. The highest BCUT2D eigenvalue weighted by Gasteiger charge is 2.44. The van der Waals surface area contributed by atoms with Crippen molar-refractivity contribution in [3.8, 4) is 5.75 Å². The Balaban J connectivity index is 2.25. The predicted molar refractivity (Wildman–Crippen MR) is 94.1 cm³/mol. The normalized spacial score (nSPS) is 12.0. The molecule has 0 aliphatic carbocycles.